The van der Waals surface area contributed by atoms with E-state index in [0.717, 1.165) is 41.8 Å². The van der Waals surface area contributed by atoms with Gasteiger partial charge in [0.05, 0.1) is 22.9 Å². The van der Waals surface area contributed by atoms with Crippen LogP contribution in [0.1, 0.15) is 55.7 Å². The second kappa shape index (κ2) is 6.28. The normalized spacial score (nSPS) is 24.2. The molecule has 3 rings (SSSR count). The van der Waals surface area contributed by atoms with Gasteiger partial charge >= 0.3 is 12.1 Å². The van der Waals surface area contributed by atoms with Gasteiger partial charge in [-0.2, -0.15) is 17.5 Å². The molecule has 1 fully saturated rings. The van der Waals surface area contributed by atoms with Gasteiger partial charge < -0.3 is 5.11 Å². The summed E-state index contributed by atoms with van der Waals surface area (Å²) in [5.41, 5.74) is -1.04. The number of halogens is 3. The van der Waals surface area contributed by atoms with Crippen LogP contribution in [0.5, 0.6) is 0 Å². The molecule has 0 amide bonds. The highest BCUT2D eigenvalue weighted by Gasteiger charge is 2.48. The second-order valence-corrected chi connectivity index (χ2v) is 8.30. The quantitative estimate of drug-likeness (QED) is 0.874. The molecule has 1 N–H and O–H groups in total. The van der Waals surface area contributed by atoms with Crippen LogP contribution in [0.3, 0.4) is 0 Å². The number of rotatable bonds is 3. The molecule has 1 atom stereocenters. The van der Waals surface area contributed by atoms with E-state index in [1.54, 1.807) is 0 Å². The van der Waals surface area contributed by atoms with Crippen molar-refractivity contribution in [2.24, 2.45) is 0 Å². The van der Waals surface area contributed by atoms with Gasteiger partial charge in [0.15, 0.2) is 0 Å². The molecule has 0 bridgehead atoms. The van der Waals surface area contributed by atoms with Gasteiger partial charge in [-0.3, -0.25) is 4.79 Å². The Morgan fingerprint density at radius 2 is 1.84 bits per heavy atom. The van der Waals surface area contributed by atoms with Crippen LogP contribution < -0.4 is 0 Å². The van der Waals surface area contributed by atoms with Gasteiger partial charge in [0.2, 0.25) is 10.0 Å². The van der Waals surface area contributed by atoms with Crippen LogP contribution in [-0.4, -0.2) is 29.8 Å². The molecule has 0 aromatic heterocycles. The highest BCUT2D eigenvalue weighted by atomic mass is 32.2. The van der Waals surface area contributed by atoms with Crippen LogP contribution >= 0.6 is 0 Å². The van der Waals surface area contributed by atoms with Crippen molar-refractivity contribution in [3.8, 4) is 0 Å². The number of aliphatic carboxylic acids is 1. The molecule has 1 aromatic carbocycles. The van der Waals surface area contributed by atoms with E-state index in [9.17, 15) is 31.5 Å². The molecule has 25 heavy (non-hydrogen) atoms. The van der Waals surface area contributed by atoms with Crippen LogP contribution in [0.4, 0.5) is 13.2 Å². The third kappa shape index (κ3) is 3.27. The van der Waals surface area contributed by atoms with Crippen LogP contribution in [0.15, 0.2) is 23.1 Å². The van der Waals surface area contributed by atoms with E-state index < -0.39 is 40.2 Å². The zero-order valence-corrected chi connectivity index (χ0v) is 14.1. The number of hydrogen-bond acceptors (Lipinski definition) is 3. The van der Waals surface area contributed by atoms with E-state index in [0.29, 0.717) is 12.8 Å². The van der Waals surface area contributed by atoms with Gasteiger partial charge in [-0.15, -0.1) is 0 Å². The number of fused-ring (bicyclic) bond motifs is 1. The van der Waals surface area contributed by atoms with Crippen LogP contribution in [0.25, 0.3) is 0 Å². The summed E-state index contributed by atoms with van der Waals surface area (Å²) in [5.74, 6) is -1.24. The highest BCUT2D eigenvalue weighted by Crippen LogP contribution is 2.46. The van der Waals surface area contributed by atoms with Crippen molar-refractivity contribution < 1.29 is 31.5 Å². The smallest absolute Gasteiger partial charge is 0.416 e. The zero-order chi connectivity index (χ0) is 18.4. The maximum atomic E-state index is 13.0. The van der Waals surface area contributed by atoms with Crippen molar-refractivity contribution in [3.05, 3.63) is 29.3 Å². The van der Waals surface area contributed by atoms with Crippen LogP contribution in [0, 0.1) is 0 Å². The Hall–Kier alpha value is -1.61. The fourth-order valence-electron chi connectivity index (χ4n) is 3.79. The first-order chi connectivity index (χ1) is 11.6. The molecule has 138 valence electrons. The Kier molecular flexibility index (Phi) is 4.57. The summed E-state index contributed by atoms with van der Waals surface area (Å²) in [6.07, 6.45) is -1.37. The molecular formula is C16H18F3NO4S. The maximum Gasteiger partial charge on any atom is 0.416 e. The summed E-state index contributed by atoms with van der Waals surface area (Å²) < 4.78 is 66.0. The minimum Gasteiger partial charge on any atom is -0.481 e. The Morgan fingerprint density at radius 1 is 1.20 bits per heavy atom. The Balaban J connectivity index is 2.11. The first kappa shape index (κ1) is 18.2. The average Bonchev–Trinajstić information content (AvgIpc) is 2.74. The number of nitrogens with zero attached hydrogens (tertiary/aromatic N) is 1. The lowest BCUT2D eigenvalue weighted by Crippen LogP contribution is -2.40. The minimum atomic E-state index is -4.62. The van der Waals surface area contributed by atoms with E-state index in [4.69, 9.17) is 0 Å². The standard InChI is InChI=1S/C16H18F3NO4S/c17-16(18,19)10-6-7-14-12(8-10)13(9-15(21)22)20(25(14,23)24)11-4-2-1-3-5-11/h6-8,11,13H,1-5,9H2,(H,21,22)/t13-/m0/s1. The van der Waals surface area contributed by atoms with Crippen molar-refractivity contribution in [1.29, 1.82) is 0 Å². The van der Waals surface area contributed by atoms with E-state index in [1.165, 1.54) is 0 Å². The summed E-state index contributed by atoms with van der Waals surface area (Å²) in [4.78, 5) is 11.0. The van der Waals surface area contributed by atoms with E-state index in [1.807, 2.05) is 0 Å². The molecule has 5 nitrogen and oxygen atoms in total. The Labute approximate surface area is 143 Å². The summed E-state index contributed by atoms with van der Waals surface area (Å²) in [6, 6.07) is 1.00. The topological polar surface area (TPSA) is 74.7 Å². The zero-order valence-electron chi connectivity index (χ0n) is 13.3. The number of sulfonamides is 1. The molecule has 2 aliphatic rings. The summed E-state index contributed by atoms with van der Waals surface area (Å²) in [7, 11) is -4.00. The third-order valence-corrected chi connectivity index (χ3v) is 6.90. The lowest BCUT2D eigenvalue weighted by Gasteiger charge is -2.33. The second-order valence-electron chi connectivity index (χ2n) is 6.49. The van der Waals surface area contributed by atoms with Gasteiger partial charge in [0.25, 0.3) is 0 Å². The molecule has 0 radical (unpaired) electrons. The molecule has 1 saturated carbocycles. The van der Waals surface area contributed by atoms with E-state index >= 15 is 0 Å². The van der Waals surface area contributed by atoms with Crippen molar-refractivity contribution in [2.75, 3.05) is 0 Å². The molecule has 0 spiro atoms. The SMILES string of the molecule is O=C(O)C[C@H]1c2cc(C(F)(F)F)ccc2S(=O)(=O)N1C1CCCCC1. The van der Waals surface area contributed by atoms with Crippen molar-refractivity contribution in [3.63, 3.8) is 0 Å². The highest BCUT2D eigenvalue weighted by molar-refractivity contribution is 7.89. The fraction of sp³-hybridized carbons (Fsp3) is 0.562. The number of carboxylic acid groups (broad SMARTS) is 1. The molecule has 1 aromatic rings. The largest absolute Gasteiger partial charge is 0.481 e. The number of hydrogen-bond donors (Lipinski definition) is 1. The van der Waals surface area contributed by atoms with E-state index in [-0.39, 0.29) is 16.5 Å². The monoisotopic (exact) mass is 377 g/mol. The Bertz CT molecular complexity index is 785. The van der Waals surface area contributed by atoms with Gasteiger partial charge in [-0.25, -0.2) is 8.42 Å². The van der Waals surface area contributed by atoms with Gasteiger partial charge in [-0.1, -0.05) is 19.3 Å². The first-order valence-electron chi connectivity index (χ1n) is 8.09. The van der Waals surface area contributed by atoms with E-state index in [2.05, 4.69) is 0 Å². The molecular weight excluding hydrogens is 359 g/mol. The van der Waals surface area contributed by atoms with Crippen molar-refractivity contribution in [2.45, 2.75) is 61.7 Å². The molecule has 1 aliphatic heterocycles. The lowest BCUT2D eigenvalue weighted by molar-refractivity contribution is -0.138. The number of carboxylic acids is 1. The van der Waals surface area contributed by atoms with Crippen molar-refractivity contribution >= 4 is 16.0 Å². The lowest BCUT2D eigenvalue weighted by atomic mass is 9.93. The number of alkyl halides is 3. The van der Waals surface area contributed by atoms with Crippen molar-refractivity contribution in [1.82, 2.24) is 4.31 Å². The molecule has 1 heterocycles. The minimum absolute atomic E-state index is 0.0669. The molecule has 1 aliphatic carbocycles. The summed E-state index contributed by atoms with van der Waals surface area (Å²) in [6.45, 7) is 0. The first-order valence-corrected chi connectivity index (χ1v) is 9.53. The summed E-state index contributed by atoms with van der Waals surface area (Å²) in [5, 5.41) is 9.17. The van der Waals surface area contributed by atoms with Gasteiger partial charge in [-0.05, 0) is 36.6 Å². The number of carbonyl (C=O) groups is 1. The fourth-order valence-corrected chi connectivity index (χ4v) is 5.88. The Morgan fingerprint density at radius 3 is 2.40 bits per heavy atom. The van der Waals surface area contributed by atoms with Gasteiger partial charge in [0, 0.05) is 6.04 Å². The number of benzene rings is 1. The maximum absolute atomic E-state index is 13.0. The predicted octanol–water partition coefficient (Wildman–Crippen LogP) is 3.56. The molecule has 9 heteroatoms. The predicted molar refractivity (Wildman–Crippen MR) is 82.3 cm³/mol. The van der Waals surface area contributed by atoms with Gasteiger partial charge in [0.1, 0.15) is 0 Å². The molecule has 0 saturated heterocycles. The van der Waals surface area contributed by atoms with Crippen LogP contribution in [0.2, 0.25) is 0 Å². The third-order valence-electron chi connectivity index (χ3n) is 4.86. The average molecular weight is 377 g/mol. The van der Waals surface area contributed by atoms with Crippen LogP contribution in [-0.2, 0) is 21.0 Å². The molecule has 0 unspecified atom stereocenters. The summed E-state index contributed by atoms with van der Waals surface area (Å²) >= 11 is 0.